The summed E-state index contributed by atoms with van der Waals surface area (Å²) in [6.45, 7) is 5.39. The third kappa shape index (κ3) is 2.89. The Bertz CT molecular complexity index is 587. The molecule has 0 radical (unpaired) electrons. The SMILES string of the molecule is CC(C)(C)OC(=O)Nc1cc2c(O)ccnc2s1. The number of amides is 1. The van der Waals surface area contributed by atoms with E-state index in [0.29, 0.717) is 15.2 Å². The number of aromatic nitrogens is 1. The van der Waals surface area contributed by atoms with Crippen LogP contribution in [-0.2, 0) is 4.74 Å². The van der Waals surface area contributed by atoms with Crippen molar-refractivity contribution in [1.82, 2.24) is 4.98 Å². The molecule has 0 aliphatic rings. The fourth-order valence-electron chi connectivity index (χ4n) is 1.39. The third-order valence-electron chi connectivity index (χ3n) is 2.04. The molecule has 2 aromatic heterocycles. The molecule has 0 saturated heterocycles. The van der Waals surface area contributed by atoms with Crippen LogP contribution in [0.3, 0.4) is 0 Å². The maximum Gasteiger partial charge on any atom is 0.412 e. The van der Waals surface area contributed by atoms with Crippen molar-refractivity contribution in [3.8, 4) is 5.75 Å². The van der Waals surface area contributed by atoms with Crippen molar-refractivity contribution in [1.29, 1.82) is 0 Å². The number of anilines is 1. The average molecular weight is 266 g/mol. The fourth-order valence-corrected chi connectivity index (χ4v) is 2.30. The molecule has 0 saturated carbocycles. The van der Waals surface area contributed by atoms with Crippen molar-refractivity contribution < 1.29 is 14.6 Å². The molecule has 0 aliphatic heterocycles. The van der Waals surface area contributed by atoms with Crippen LogP contribution < -0.4 is 5.32 Å². The molecule has 5 nitrogen and oxygen atoms in total. The topological polar surface area (TPSA) is 71.5 Å². The normalized spacial score (nSPS) is 11.5. The highest BCUT2D eigenvalue weighted by atomic mass is 32.1. The van der Waals surface area contributed by atoms with Gasteiger partial charge in [0, 0.05) is 6.20 Å². The standard InChI is InChI=1S/C12H14N2O3S/c1-12(2,3)17-11(16)14-9-6-7-8(15)4-5-13-10(7)18-9/h4-6H,1-3H3,(H,13,15)(H,14,16). The van der Waals surface area contributed by atoms with Gasteiger partial charge in [-0.3, -0.25) is 5.32 Å². The highest BCUT2D eigenvalue weighted by molar-refractivity contribution is 7.22. The van der Waals surface area contributed by atoms with Crippen LogP contribution in [-0.4, -0.2) is 21.8 Å². The maximum absolute atomic E-state index is 11.6. The Labute approximate surface area is 108 Å². The molecule has 0 spiro atoms. The molecule has 0 fully saturated rings. The first-order valence-corrected chi connectivity index (χ1v) is 6.24. The van der Waals surface area contributed by atoms with Crippen molar-refractivity contribution in [3.63, 3.8) is 0 Å². The number of pyridine rings is 1. The van der Waals surface area contributed by atoms with Gasteiger partial charge in [0.25, 0.3) is 0 Å². The smallest absolute Gasteiger partial charge is 0.412 e. The third-order valence-corrected chi connectivity index (χ3v) is 3.00. The molecule has 2 N–H and O–H groups in total. The van der Waals surface area contributed by atoms with Gasteiger partial charge >= 0.3 is 6.09 Å². The molecule has 0 unspecified atom stereocenters. The summed E-state index contributed by atoms with van der Waals surface area (Å²) in [5, 5.41) is 13.5. The van der Waals surface area contributed by atoms with Crippen LogP contribution in [0.1, 0.15) is 20.8 Å². The summed E-state index contributed by atoms with van der Waals surface area (Å²) in [5.41, 5.74) is -0.541. The number of hydrogen-bond donors (Lipinski definition) is 2. The quantitative estimate of drug-likeness (QED) is 0.830. The lowest BCUT2D eigenvalue weighted by atomic mass is 10.2. The average Bonchev–Trinajstić information content (AvgIpc) is 2.58. The van der Waals surface area contributed by atoms with Crippen LogP contribution in [0.4, 0.5) is 9.80 Å². The predicted octanol–water partition coefficient (Wildman–Crippen LogP) is 3.35. The van der Waals surface area contributed by atoms with E-state index < -0.39 is 11.7 Å². The van der Waals surface area contributed by atoms with Gasteiger partial charge in [-0.25, -0.2) is 9.78 Å². The first-order chi connectivity index (χ1) is 8.35. The number of nitrogens with one attached hydrogen (secondary N) is 1. The van der Waals surface area contributed by atoms with Crippen molar-refractivity contribution in [3.05, 3.63) is 18.3 Å². The Morgan fingerprint density at radius 2 is 2.22 bits per heavy atom. The predicted molar refractivity (Wildman–Crippen MR) is 71.1 cm³/mol. The highest BCUT2D eigenvalue weighted by Crippen LogP contribution is 2.33. The van der Waals surface area contributed by atoms with E-state index in [9.17, 15) is 9.90 Å². The van der Waals surface area contributed by atoms with Gasteiger partial charge in [-0.05, 0) is 32.9 Å². The molecule has 18 heavy (non-hydrogen) atoms. The van der Waals surface area contributed by atoms with E-state index in [-0.39, 0.29) is 5.75 Å². The molecule has 0 atom stereocenters. The van der Waals surface area contributed by atoms with E-state index in [1.165, 1.54) is 23.6 Å². The number of hydrogen-bond acceptors (Lipinski definition) is 5. The first-order valence-electron chi connectivity index (χ1n) is 5.43. The lowest BCUT2D eigenvalue weighted by molar-refractivity contribution is 0.0636. The van der Waals surface area contributed by atoms with E-state index in [4.69, 9.17) is 4.74 Å². The molecule has 96 valence electrons. The first kappa shape index (κ1) is 12.6. The van der Waals surface area contributed by atoms with Crippen LogP contribution >= 0.6 is 11.3 Å². The molecular formula is C12H14N2O3S. The second kappa shape index (κ2) is 4.45. The van der Waals surface area contributed by atoms with Gasteiger partial charge in [0.1, 0.15) is 21.2 Å². The minimum atomic E-state index is -0.541. The fraction of sp³-hybridized carbons (Fsp3) is 0.333. The van der Waals surface area contributed by atoms with Gasteiger partial charge in [-0.2, -0.15) is 0 Å². The Morgan fingerprint density at radius 3 is 2.83 bits per heavy atom. The summed E-state index contributed by atoms with van der Waals surface area (Å²) in [6.07, 6.45) is 0.999. The van der Waals surface area contributed by atoms with Gasteiger partial charge in [-0.15, -0.1) is 0 Å². The van der Waals surface area contributed by atoms with Crippen LogP contribution in [0.25, 0.3) is 10.2 Å². The Morgan fingerprint density at radius 1 is 1.50 bits per heavy atom. The van der Waals surface area contributed by atoms with Crippen LogP contribution in [0.2, 0.25) is 0 Å². The molecule has 0 aliphatic carbocycles. The number of nitrogens with zero attached hydrogens (tertiary/aromatic N) is 1. The zero-order valence-corrected chi connectivity index (χ0v) is 11.2. The zero-order chi connectivity index (χ0) is 13.3. The lowest BCUT2D eigenvalue weighted by Gasteiger charge is -2.19. The number of thiophene rings is 1. The van der Waals surface area contributed by atoms with Crippen LogP contribution in [0.15, 0.2) is 18.3 Å². The summed E-state index contributed by atoms with van der Waals surface area (Å²) >= 11 is 1.28. The van der Waals surface area contributed by atoms with Gasteiger partial charge in [0.15, 0.2) is 0 Å². The largest absolute Gasteiger partial charge is 0.507 e. The van der Waals surface area contributed by atoms with Gasteiger partial charge in [0.05, 0.1) is 5.39 Å². The van der Waals surface area contributed by atoms with E-state index in [1.807, 2.05) is 0 Å². The van der Waals surface area contributed by atoms with Crippen LogP contribution in [0, 0.1) is 0 Å². The molecular weight excluding hydrogens is 252 g/mol. The minimum Gasteiger partial charge on any atom is -0.507 e. The number of fused-ring (bicyclic) bond motifs is 1. The van der Waals surface area contributed by atoms with Crippen molar-refractivity contribution in [2.24, 2.45) is 0 Å². The zero-order valence-electron chi connectivity index (χ0n) is 10.4. The molecule has 0 bridgehead atoms. The summed E-state index contributed by atoms with van der Waals surface area (Å²) in [5.74, 6) is 0.147. The van der Waals surface area contributed by atoms with Crippen molar-refractivity contribution in [2.45, 2.75) is 26.4 Å². The van der Waals surface area contributed by atoms with E-state index >= 15 is 0 Å². The second-order valence-electron chi connectivity index (χ2n) is 4.79. The van der Waals surface area contributed by atoms with Crippen molar-refractivity contribution >= 4 is 32.6 Å². The van der Waals surface area contributed by atoms with Gasteiger partial charge < -0.3 is 9.84 Å². The summed E-state index contributed by atoms with van der Waals surface area (Å²) < 4.78 is 5.14. The highest BCUT2D eigenvalue weighted by Gasteiger charge is 2.17. The summed E-state index contributed by atoms with van der Waals surface area (Å²) in [6, 6.07) is 3.18. The number of carbonyl (C=O) groups is 1. The summed E-state index contributed by atoms with van der Waals surface area (Å²) in [7, 11) is 0. The van der Waals surface area contributed by atoms with Gasteiger partial charge in [-0.1, -0.05) is 11.3 Å². The minimum absolute atomic E-state index is 0.147. The monoisotopic (exact) mass is 266 g/mol. The van der Waals surface area contributed by atoms with E-state index in [2.05, 4.69) is 10.3 Å². The van der Waals surface area contributed by atoms with Crippen LogP contribution in [0.5, 0.6) is 5.75 Å². The lowest BCUT2D eigenvalue weighted by Crippen LogP contribution is -2.26. The number of rotatable bonds is 1. The molecule has 2 heterocycles. The number of ether oxygens (including phenoxy) is 1. The molecule has 0 aromatic carbocycles. The van der Waals surface area contributed by atoms with E-state index in [0.717, 1.165) is 0 Å². The Balaban J connectivity index is 2.18. The molecule has 6 heteroatoms. The summed E-state index contributed by atoms with van der Waals surface area (Å²) in [4.78, 5) is 16.4. The number of aromatic hydroxyl groups is 1. The van der Waals surface area contributed by atoms with E-state index in [1.54, 1.807) is 26.8 Å². The Hall–Kier alpha value is -1.82. The Kier molecular flexibility index (Phi) is 3.13. The maximum atomic E-state index is 11.6. The van der Waals surface area contributed by atoms with Crippen molar-refractivity contribution in [2.75, 3.05) is 5.32 Å². The van der Waals surface area contributed by atoms with Gasteiger partial charge in [0.2, 0.25) is 0 Å². The molecule has 2 rings (SSSR count). The number of carbonyl (C=O) groups excluding carboxylic acids is 1. The molecule has 1 amide bonds. The molecule has 2 aromatic rings. The second-order valence-corrected chi connectivity index (χ2v) is 5.82.